The number of amides is 2. The molecule has 2 amide bonds. The Balaban J connectivity index is 2.05. The predicted molar refractivity (Wildman–Crippen MR) is 66.0 cm³/mol. The molecule has 2 heterocycles. The van der Waals surface area contributed by atoms with Gasteiger partial charge in [0.05, 0.1) is 6.20 Å². The van der Waals surface area contributed by atoms with Crippen LogP contribution < -0.4 is 5.73 Å². The van der Waals surface area contributed by atoms with Crippen molar-refractivity contribution in [2.45, 2.75) is 31.4 Å². The van der Waals surface area contributed by atoms with E-state index in [1.165, 1.54) is 4.90 Å². The van der Waals surface area contributed by atoms with E-state index in [-0.39, 0.29) is 18.3 Å². The fraction of sp³-hybridized carbons (Fsp3) is 0.583. The molecule has 0 saturated carbocycles. The number of H-pyrrole nitrogens is 1. The lowest BCUT2D eigenvalue weighted by atomic mass is 9.97. The van der Waals surface area contributed by atoms with Crippen molar-refractivity contribution in [2.75, 3.05) is 13.1 Å². The van der Waals surface area contributed by atoms with Gasteiger partial charge in [-0.1, -0.05) is 0 Å². The lowest BCUT2D eigenvalue weighted by molar-refractivity contribution is -0.141. The van der Waals surface area contributed by atoms with Crippen LogP contribution in [-0.2, 0) is 15.8 Å². The molecule has 0 unspecified atom stereocenters. The Kier molecular flexibility index (Phi) is 4.19. The average molecular weight is 304 g/mol. The fourth-order valence-electron chi connectivity index (χ4n) is 2.38. The van der Waals surface area contributed by atoms with Crippen LogP contribution in [0, 0.1) is 0 Å². The Morgan fingerprint density at radius 3 is 2.76 bits per heavy atom. The number of alkyl halides is 3. The molecule has 9 heteroatoms. The molecule has 1 saturated heterocycles. The molecule has 0 aromatic carbocycles. The molecule has 0 radical (unpaired) electrons. The number of hydrogen-bond donors (Lipinski definition) is 2. The molecule has 0 spiro atoms. The van der Waals surface area contributed by atoms with Crippen LogP contribution in [0.3, 0.4) is 0 Å². The highest BCUT2D eigenvalue weighted by Gasteiger charge is 2.34. The number of imidazole rings is 1. The summed E-state index contributed by atoms with van der Waals surface area (Å²) in [6.07, 6.45) is -2.85. The molecule has 1 aliphatic heterocycles. The average Bonchev–Trinajstić information content (AvgIpc) is 2.87. The van der Waals surface area contributed by atoms with Crippen LogP contribution in [0.2, 0.25) is 0 Å². The Morgan fingerprint density at radius 2 is 2.19 bits per heavy atom. The number of halogens is 3. The van der Waals surface area contributed by atoms with Crippen LogP contribution in [0.4, 0.5) is 13.2 Å². The minimum absolute atomic E-state index is 0.207. The first-order chi connectivity index (χ1) is 9.77. The van der Waals surface area contributed by atoms with E-state index in [0.717, 1.165) is 6.20 Å². The van der Waals surface area contributed by atoms with Gasteiger partial charge < -0.3 is 15.6 Å². The van der Waals surface area contributed by atoms with Crippen molar-refractivity contribution in [1.29, 1.82) is 0 Å². The Hall–Kier alpha value is -2.06. The third-order valence-corrected chi connectivity index (χ3v) is 3.39. The Bertz CT molecular complexity index is 541. The van der Waals surface area contributed by atoms with Crippen molar-refractivity contribution in [2.24, 2.45) is 5.73 Å². The third-order valence-electron chi connectivity index (χ3n) is 3.39. The van der Waals surface area contributed by atoms with Gasteiger partial charge in [0.1, 0.15) is 17.9 Å². The zero-order chi connectivity index (χ0) is 15.6. The Morgan fingerprint density at radius 1 is 1.48 bits per heavy atom. The largest absolute Gasteiger partial charge is 0.432 e. The van der Waals surface area contributed by atoms with Gasteiger partial charge in [-0.15, -0.1) is 0 Å². The zero-order valence-corrected chi connectivity index (χ0v) is 11.1. The van der Waals surface area contributed by atoms with Gasteiger partial charge in [-0.25, -0.2) is 4.98 Å². The first kappa shape index (κ1) is 15.3. The van der Waals surface area contributed by atoms with Crippen LogP contribution >= 0.6 is 0 Å². The number of likely N-dealkylation sites (tertiary alicyclic amines) is 1. The molecular formula is C12H15F3N4O2. The predicted octanol–water partition coefficient (Wildman–Crippen LogP) is 1.01. The summed E-state index contributed by atoms with van der Waals surface area (Å²) in [7, 11) is 0. The van der Waals surface area contributed by atoms with E-state index in [9.17, 15) is 22.8 Å². The number of carbonyl (C=O) groups is 2. The summed E-state index contributed by atoms with van der Waals surface area (Å²) < 4.78 is 37.6. The summed E-state index contributed by atoms with van der Waals surface area (Å²) in [5.74, 6) is -1.22. The molecule has 1 aliphatic rings. The number of nitrogens with one attached hydrogen (secondary N) is 1. The highest BCUT2D eigenvalue weighted by molar-refractivity contribution is 5.96. The number of piperidine rings is 1. The smallest absolute Gasteiger partial charge is 0.369 e. The molecule has 6 nitrogen and oxygen atoms in total. The number of rotatable bonds is 3. The quantitative estimate of drug-likeness (QED) is 0.816. The summed E-state index contributed by atoms with van der Waals surface area (Å²) in [6.45, 7) is 0.701. The zero-order valence-electron chi connectivity index (χ0n) is 11.1. The van der Waals surface area contributed by atoms with Gasteiger partial charge in [0, 0.05) is 19.0 Å². The molecule has 116 valence electrons. The molecular weight excluding hydrogens is 289 g/mol. The van der Waals surface area contributed by atoms with Crippen molar-refractivity contribution < 1.29 is 22.8 Å². The normalized spacial score (nSPS) is 19.6. The molecule has 1 aromatic rings. The number of nitrogens with zero attached hydrogens (tertiary/aromatic N) is 2. The standard InChI is InChI=1S/C12H15F3N4O2/c13-12(14,15)8-5-17-11(18-8)7-2-1-3-19(6-7)10(21)4-9(16)20/h5,7H,1-4,6H2,(H2,16,20)(H,17,18)/t7-/m0/s1. The van der Waals surface area contributed by atoms with Crippen molar-refractivity contribution in [3.63, 3.8) is 0 Å². The van der Waals surface area contributed by atoms with Gasteiger partial charge in [0.2, 0.25) is 11.8 Å². The number of carbonyl (C=O) groups excluding carboxylic acids is 2. The molecule has 21 heavy (non-hydrogen) atoms. The number of nitrogens with two attached hydrogens (primary N) is 1. The first-order valence-electron chi connectivity index (χ1n) is 6.45. The van der Waals surface area contributed by atoms with E-state index in [4.69, 9.17) is 5.73 Å². The van der Waals surface area contributed by atoms with Crippen LogP contribution in [0.5, 0.6) is 0 Å². The van der Waals surface area contributed by atoms with Gasteiger partial charge in [0.15, 0.2) is 0 Å². The van der Waals surface area contributed by atoms with E-state index in [1.807, 2.05) is 0 Å². The maximum atomic E-state index is 12.5. The summed E-state index contributed by atoms with van der Waals surface area (Å²) in [4.78, 5) is 30.0. The topological polar surface area (TPSA) is 92.1 Å². The highest BCUT2D eigenvalue weighted by atomic mass is 19.4. The van der Waals surface area contributed by atoms with Gasteiger partial charge in [-0.2, -0.15) is 13.2 Å². The van der Waals surface area contributed by atoms with Crippen LogP contribution in [-0.4, -0.2) is 39.8 Å². The van der Waals surface area contributed by atoms with Gasteiger partial charge in [-0.05, 0) is 12.8 Å². The third kappa shape index (κ3) is 3.73. The van der Waals surface area contributed by atoms with E-state index in [1.54, 1.807) is 0 Å². The summed E-state index contributed by atoms with van der Waals surface area (Å²) >= 11 is 0. The van der Waals surface area contributed by atoms with Gasteiger partial charge in [0.25, 0.3) is 0 Å². The number of aromatic amines is 1. The molecule has 3 N–H and O–H groups in total. The SMILES string of the molecule is NC(=O)CC(=O)N1CCC[C@H](c2ncc(C(F)(F)F)[nH]2)C1. The molecule has 1 atom stereocenters. The summed E-state index contributed by atoms with van der Waals surface area (Å²) in [5.41, 5.74) is 4.06. The van der Waals surface area contributed by atoms with Crippen molar-refractivity contribution in [3.8, 4) is 0 Å². The van der Waals surface area contributed by atoms with Crippen molar-refractivity contribution in [3.05, 3.63) is 17.7 Å². The van der Waals surface area contributed by atoms with Crippen molar-refractivity contribution in [1.82, 2.24) is 14.9 Å². The van der Waals surface area contributed by atoms with Crippen molar-refractivity contribution >= 4 is 11.8 Å². The van der Waals surface area contributed by atoms with Crippen LogP contribution in [0.25, 0.3) is 0 Å². The summed E-state index contributed by atoms with van der Waals surface area (Å²) in [6, 6.07) is 0. The molecule has 0 bridgehead atoms. The molecule has 0 aliphatic carbocycles. The van der Waals surface area contributed by atoms with E-state index in [2.05, 4.69) is 9.97 Å². The van der Waals surface area contributed by atoms with E-state index < -0.39 is 30.1 Å². The number of aromatic nitrogens is 2. The van der Waals surface area contributed by atoms with E-state index in [0.29, 0.717) is 19.4 Å². The summed E-state index contributed by atoms with van der Waals surface area (Å²) in [5, 5.41) is 0. The second-order valence-corrected chi connectivity index (χ2v) is 5.00. The van der Waals surface area contributed by atoms with Crippen LogP contribution in [0.1, 0.15) is 36.7 Å². The first-order valence-corrected chi connectivity index (χ1v) is 6.45. The molecule has 1 fully saturated rings. The number of hydrogen-bond acceptors (Lipinski definition) is 3. The Labute approximate surface area is 118 Å². The monoisotopic (exact) mass is 304 g/mol. The maximum absolute atomic E-state index is 12.5. The van der Waals surface area contributed by atoms with E-state index >= 15 is 0 Å². The molecule has 1 aromatic heterocycles. The van der Waals surface area contributed by atoms with Crippen LogP contribution in [0.15, 0.2) is 6.20 Å². The second kappa shape index (κ2) is 5.74. The number of primary amides is 1. The lowest BCUT2D eigenvalue weighted by Crippen LogP contribution is -2.40. The lowest BCUT2D eigenvalue weighted by Gasteiger charge is -2.31. The second-order valence-electron chi connectivity index (χ2n) is 5.00. The highest BCUT2D eigenvalue weighted by Crippen LogP contribution is 2.31. The molecule has 2 rings (SSSR count). The minimum atomic E-state index is -4.47. The fourth-order valence-corrected chi connectivity index (χ4v) is 2.38. The van der Waals surface area contributed by atoms with Gasteiger partial charge in [-0.3, -0.25) is 9.59 Å². The van der Waals surface area contributed by atoms with Gasteiger partial charge >= 0.3 is 6.18 Å². The minimum Gasteiger partial charge on any atom is -0.369 e. The maximum Gasteiger partial charge on any atom is 0.432 e.